The maximum absolute atomic E-state index is 6.13. The molecule has 0 aromatic heterocycles. The summed E-state index contributed by atoms with van der Waals surface area (Å²) < 4.78 is 5.68. The first-order chi connectivity index (χ1) is 6.14. The van der Waals surface area contributed by atoms with Crippen molar-refractivity contribution in [3.05, 3.63) is 0 Å². The fraction of sp³-hybridized carbons (Fsp3) is 1.00. The molecule has 3 atom stereocenters. The number of hydrogen-bond donors (Lipinski definition) is 1. The van der Waals surface area contributed by atoms with E-state index in [0.29, 0.717) is 0 Å². The Morgan fingerprint density at radius 3 is 2.77 bits per heavy atom. The van der Waals surface area contributed by atoms with E-state index in [1.807, 2.05) is 7.11 Å². The van der Waals surface area contributed by atoms with E-state index in [4.69, 9.17) is 10.5 Å². The Bertz CT molecular complexity index is 160. The van der Waals surface area contributed by atoms with Crippen molar-refractivity contribution in [2.75, 3.05) is 7.11 Å². The average molecular weight is 185 g/mol. The molecule has 0 heterocycles. The quantitative estimate of drug-likeness (QED) is 0.732. The maximum atomic E-state index is 6.13. The SMILES string of the molecule is CC[C@@H](N)C1(OC)CCCC(C)C1. The zero-order chi connectivity index (χ0) is 9.90. The van der Waals surface area contributed by atoms with Crippen LogP contribution in [0, 0.1) is 5.92 Å². The summed E-state index contributed by atoms with van der Waals surface area (Å²) >= 11 is 0. The molecule has 1 fully saturated rings. The van der Waals surface area contributed by atoms with Crippen molar-refractivity contribution >= 4 is 0 Å². The summed E-state index contributed by atoms with van der Waals surface area (Å²) in [6.07, 6.45) is 5.90. The van der Waals surface area contributed by atoms with E-state index in [1.165, 1.54) is 12.8 Å². The van der Waals surface area contributed by atoms with Crippen molar-refractivity contribution in [1.29, 1.82) is 0 Å². The second-order valence-corrected chi connectivity index (χ2v) is 4.49. The molecule has 0 spiro atoms. The number of rotatable bonds is 3. The number of hydrogen-bond acceptors (Lipinski definition) is 2. The third kappa shape index (κ3) is 2.23. The van der Waals surface area contributed by atoms with Crippen molar-refractivity contribution in [3.8, 4) is 0 Å². The highest BCUT2D eigenvalue weighted by Crippen LogP contribution is 2.37. The Balaban J connectivity index is 2.67. The Morgan fingerprint density at radius 1 is 1.62 bits per heavy atom. The fourth-order valence-electron chi connectivity index (χ4n) is 2.59. The highest BCUT2D eigenvalue weighted by Gasteiger charge is 2.39. The van der Waals surface area contributed by atoms with E-state index in [-0.39, 0.29) is 11.6 Å². The van der Waals surface area contributed by atoms with Crippen molar-refractivity contribution in [3.63, 3.8) is 0 Å². The van der Waals surface area contributed by atoms with Gasteiger partial charge in [-0.05, 0) is 25.2 Å². The van der Waals surface area contributed by atoms with Crippen molar-refractivity contribution in [2.24, 2.45) is 11.7 Å². The van der Waals surface area contributed by atoms with E-state index in [0.717, 1.165) is 25.2 Å². The minimum absolute atomic E-state index is 0.0214. The topological polar surface area (TPSA) is 35.2 Å². The van der Waals surface area contributed by atoms with Crippen LogP contribution in [0.25, 0.3) is 0 Å². The van der Waals surface area contributed by atoms with Crippen LogP contribution in [0.1, 0.15) is 46.0 Å². The van der Waals surface area contributed by atoms with Crippen LogP contribution in [0.15, 0.2) is 0 Å². The first-order valence-electron chi connectivity index (χ1n) is 5.45. The van der Waals surface area contributed by atoms with Gasteiger partial charge in [0, 0.05) is 13.2 Å². The molecule has 2 unspecified atom stereocenters. The molecule has 0 saturated heterocycles. The van der Waals surface area contributed by atoms with Crippen LogP contribution in [0.3, 0.4) is 0 Å². The Hall–Kier alpha value is -0.0800. The van der Waals surface area contributed by atoms with Gasteiger partial charge in [-0.15, -0.1) is 0 Å². The second kappa shape index (κ2) is 4.43. The van der Waals surface area contributed by atoms with Crippen molar-refractivity contribution < 1.29 is 4.74 Å². The molecular weight excluding hydrogens is 162 g/mol. The molecule has 2 nitrogen and oxygen atoms in total. The molecule has 1 saturated carbocycles. The van der Waals surface area contributed by atoms with E-state index in [1.54, 1.807) is 0 Å². The normalized spacial score (nSPS) is 37.4. The van der Waals surface area contributed by atoms with Gasteiger partial charge in [0.25, 0.3) is 0 Å². The highest BCUT2D eigenvalue weighted by atomic mass is 16.5. The molecule has 2 N–H and O–H groups in total. The molecule has 0 bridgehead atoms. The lowest BCUT2D eigenvalue weighted by Crippen LogP contribution is -2.51. The summed E-state index contributed by atoms with van der Waals surface area (Å²) in [5, 5.41) is 0. The number of methoxy groups -OCH3 is 1. The summed E-state index contributed by atoms with van der Waals surface area (Å²) in [7, 11) is 1.81. The molecule has 13 heavy (non-hydrogen) atoms. The van der Waals surface area contributed by atoms with E-state index in [2.05, 4.69) is 13.8 Å². The summed E-state index contributed by atoms with van der Waals surface area (Å²) in [6.45, 7) is 4.44. The molecule has 2 heteroatoms. The molecule has 0 aromatic rings. The molecule has 1 rings (SSSR count). The largest absolute Gasteiger partial charge is 0.377 e. The molecular formula is C11H23NO. The Kier molecular flexibility index (Phi) is 3.74. The van der Waals surface area contributed by atoms with Crippen LogP contribution in [-0.2, 0) is 4.74 Å². The van der Waals surface area contributed by atoms with Gasteiger partial charge in [0.15, 0.2) is 0 Å². The van der Waals surface area contributed by atoms with Crippen molar-refractivity contribution in [1.82, 2.24) is 0 Å². The monoisotopic (exact) mass is 185 g/mol. The van der Waals surface area contributed by atoms with Gasteiger partial charge in [0.05, 0.1) is 5.60 Å². The smallest absolute Gasteiger partial charge is 0.0831 e. The number of ether oxygens (including phenoxy) is 1. The van der Waals surface area contributed by atoms with E-state index in [9.17, 15) is 0 Å². The molecule has 1 aliphatic carbocycles. The third-order valence-electron chi connectivity index (χ3n) is 3.51. The average Bonchev–Trinajstić information content (AvgIpc) is 2.16. The predicted molar refractivity (Wildman–Crippen MR) is 55.6 cm³/mol. The molecule has 0 aromatic carbocycles. The van der Waals surface area contributed by atoms with Crippen LogP contribution in [0.5, 0.6) is 0 Å². The van der Waals surface area contributed by atoms with Gasteiger partial charge in [-0.25, -0.2) is 0 Å². The van der Waals surface area contributed by atoms with E-state index < -0.39 is 0 Å². The minimum Gasteiger partial charge on any atom is -0.377 e. The van der Waals surface area contributed by atoms with E-state index >= 15 is 0 Å². The van der Waals surface area contributed by atoms with Gasteiger partial charge in [0.1, 0.15) is 0 Å². The first-order valence-corrected chi connectivity index (χ1v) is 5.45. The number of nitrogens with two attached hydrogens (primary N) is 1. The third-order valence-corrected chi connectivity index (χ3v) is 3.51. The zero-order valence-electron chi connectivity index (χ0n) is 9.18. The van der Waals surface area contributed by atoms with Crippen LogP contribution >= 0.6 is 0 Å². The lowest BCUT2D eigenvalue weighted by Gasteiger charge is -2.42. The lowest BCUT2D eigenvalue weighted by atomic mass is 9.74. The van der Waals surface area contributed by atoms with Gasteiger partial charge in [-0.2, -0.15) is 0 Å². The van der Waals surface area contributed by atoms with Crippen LogP contribution < -0.4 is 5.73 Å². The summed E-state index contributed by atoms with van der Waals surface area (Å²) in [6, 6.07) is 0.209. The first kappa shape index (κ1) is 11.0. The Morgan fingerprint density at radius 2 is 2.31 bits per heavy atom. The summed E-state index contributed by atoms with van der Waals surface area (Å²) in [5.74, 6) is 0.770. The minimum atomic E-state index is -0.0214. The summed E-state index contributed by atoms with van der Waals surface area (Å²) in [5.41, 5.74) is 6.11. The van der Waals surface area contributed by atoms with Gasteiger partial charge >= 0.3 is 0 Å². The summed E-state index contributed by atoms with van der Waals surface area (Å²) in [4.78, 5) is 0. The maximum Gasteiger partial charge on any atom is 0.0831 e. The van der Waals surface area contributed by atoms with Crippen LogP contribution in [0.4, 0.5) is 0 Å². The zero-order valence-corrected chi connectivity index (χ0v) is 9.18. The van der Waals surface area contributed by atoms with Gasteiger partial charge < -0.3 is 10.5 Å². The van der Waals surface area contributed by atoms with Crippen LogP contribution in [0.2, 0.25) is 0 Å². The Labute approximate surface area is 81.8 Å². The fourth-order valence-corrected chi connectivity index (χ4v) is 2.59. The highest BCUT2D eigenvalue weighted by molar-refractivity contribution is 4.94. The van der Waals surface area contributed by atoms with Gasteiger partial charge in [-0.1, -0.05) is 26.7 Å². The van der Waals surface area contributed by atoms with Gasteiger partial charge in [0.2, 0.25) is 0 Å². The molecule has 0 amide bonds. The standard InChI is InChI=1S/C11H23NO/c1-4-10(12)11(13-3)7-5-6-9(2)8-11/h9-10H,4-8,12H2,1-3H3/t9?,10-,11?/m1/s1. The molecule has 0 aliphatic heterocycles. The second-order valence-electron chi connectivity index (χ2n) is 4.49. The van der Waals surface area contributed by atoms with Crippen LogP contribution in [-0.4, -0.2) is 18.8 Å². The molecule has 0 radical (unpaired) electrons. The predicted octanol–water partition coefficient (Wildman–Crippen LogP) is 2.32. The molecule has 78 valence electrons. The molecule has 1 aliphatic rings. The lowest BCUT2D eigenvalue weighted by molar-refractivity contribution is -0.0713. The van der Waals surface area contributed by atoms with Crippen molar-refractivity contribution in [2.45, 2.75) is 57.6 Å². The van der Waals surface area contributed by atoms with Gasteiger partial charge in [-0.3, -0.25) is 0 Å².